The summed E-state index contributed by atoms with van der Waals surface area (Å²) in [4.78, 5) is 25.9. The quantitative estimate of drug-likeness (QED) is 0.0334. The Kier molecular flexibility index (Phi) is 38.3. The van der Waals surface area contributed by atoms with E-state index in [-0.39, 0.29) is 24.9 Å². The average molecular weight is 730 g/mol. The summed E-state index contributed by atoms with van der Waals surface area (Å²) in [6, 6.07) is -0.718. The molecule has 1 amide bonds. The molecule has 0 aliphatic rings. The standard InChI is InChI=1S/C46H83NO5/c1-4-7-10-13-16-19-22-25-28-31-34-37-42(52-46(51)39-36-33-30-27-24-21-18-15-12-9-6-3)40-45(50)47-43(41-48)44(49)38-35-32-29-26-23-20-17-14-11-8-5-2/h7,10,13,16,19,22,25,28,42-44,48-49H,4-6,8-9,11-12,14-15,17-18,20-21,23-24,26-27,29-41H2,1-3H3,(H,47,50)/b10-7+,16-13+,22-19-,28-25-. The van der Waals surface area contributed by atoms with Crippen molar-refractivity contribution in [2.75, 3.05) is 6.61 Å². The van der Waals surface area contributed by atoms with Crippen molar-refractivity contribution in [1.82, 2.24) is 5.32 Å². The molecular weight excluding hydrogens is 647 g/mol. The zero-order valence-electron chi connectivity index (χ0n) is 34.2. The zero-order chi connectivity index (χ0) is 38.2. The summed E-state index contributed by atoms with van der Waals surface area (Å²) in [6.45, 7) is 6.28. The van der Waals surface area contributed by atoms with Crippen molar-refractivity contribution < 1.29 is 24.5 Å². The Morgan fingerprint density at radius 3 is 1.54 bits per heavy atom. The third-order valence-electron chi connectivity index (χ3n) is 9.77. The van der Waals surface area contributed by atoms with Crippen LogP contribution in [0.5, 0.6) is 0 Å². The van der Waals surface area contributed by atoms with Gasteiger partial charge in [0.05, 0.1) is 25.2 Å². The van der Waals surface area contributed by atoms with Crippen LogP contribution in [0.15, 0.2) is 48.6 Å². The molecule has 0 aliphatic carbocycles. The van der Waals surface area contributed by atoms with Gasteiger partial charge in [0, 0.05) is 6.42 Å². The van der Waals surface area contributed by atoms with E-state index in [1.54, 1.807) is 0 Å². The molecule has 0 aromatic carbocycles. The zero-order valence-corrected chi connectivity index (χ0v) is 34.2. The molecule has 0 spiro atoms. The number of allylic oxidation sites excluding steroid dienone is 8. The van der Waals surface area contributed by atoms with Gasteiger partial charge < -0.3 is 20.3 Å². The molecule has 3 unspecified atom stereocenters. The van der Waals surface area contributed by atoms with Crippen molar-refractivity contribution >= 4 is 11.9 Å². The van der Waals surface area contributed by atoms with E-state index < -0.39 is 18.2 Å². The number of hydrogen-bond donors (Lipinski definition) is 3. The predicted octanol–water partition coefficient (Wildman–Crippen LogP) is 12.3. The molecule has 0 aromatic heterocycles. The topological polar surface area (TPSA) is 95.9 Å². The average Bonchev–Trinajstić information content (AvgIpc) is 3.13. The lowest BCUT2D eigenvalue weighted by molar-refractivity contribution is -0.151. The van der Waals surface area contributed by atoms with Crippen LogP contribution in [0, 0.1) is 0 Å². The first-order valence-electron chi connectivity index (χ1n) is 21.9. The summed E-state index contributed by atoms with van der Waals surface area (Å²) >= 11 is 0. The molecule has 6 heteroatoms. The van der Waals surface area contributed by atoms with E-state index in [1.807, 2.05) is 36.5 Å². The second-order valence-corrected chi connectivity index (χ2v) is 14.8. The Morgan fingerprint density at radius 1 is 0.577 bits per heavy atom. The third-order valence-corrected chi connectivity index (χ3v) is 9.77. The van der Waals surface area contributed by atoms with Crippen molar-refractivity contribution in [2.45, 2.75) is 225 Å². The van der Waals surface area contributed by atoms with Gasteiger partial charge in [0.15, 0.2) is 0 Å². The Labute approximate surface area is 321 Å². The maximum atomic E-state index is 13.1. The summed E-state index contributed by atoms with van der Waals surface area (Å²) in [5.41, 5.74) is 0. The van der Waals surface area contributed by atoms with Gasteiger partial charge >= 0.3 is 5.97 Å². The van der Waals surface area contributed by atoms with E-state index in [1.165, 1.54) is 103 Å². The maximum Gasteiger partial charge on any atom is 0.306 e. The number of nitrogens with one attached hydrogen (secondary N) is 1. The second-order valence-electron chi connectivity index (χ2n) is 14.8. The lowest BCUT2D eigenvalue weighted by Gasteiger charge is -2.24. The summed E-state index contributed by atoms with van der Waals surface area (Å²) in [5, 5.41) is 23.5. The first-order valence-corrected chi connectivity index (χ1v) is 21.9. The highest BCUT2D eigenvalue weighted by Crippen LogP contribution is 2.17. The summed E-state index contributed by atoms with van der Waals surface area (Å²) in [6.07, 6.45) is 46.1. The molecule has 0 saturated carbocycles. The summed E-state index contributed by atoms with van der Waals surface area (Å²) in [5.74, 6) is -0.543. The van der Waals surface area contributed by atoms with Crippen LogP contribution in [0.1, 0.15) is 207 Å². The number of rotatable bonds is 38. The lowest BCUT2D eigenvalue weighted by atomic mass is 10.0. The van der Waals surface area contributed by atoms with Crippen LogP contribution in [0.4, 0.5) is 0 Å². The smallest absolute Gasteiger partial charge is 0.306 e. The number of amides is 1. The molecule has 6 nitrogen and oxygen atoms in total. The first-order chi connectivity index (χ1) is 25.5. The minimum absolute atomic E-state index is 0.0331. The number of unbranched alkanes of at least 4 members (excludes halogenated alkanes) is 21. The van der Waals surface area contributed by atoms with Crippen LogP contribution in [-0.4, -0.2) is 46.9 Å². The van der Waals surface area contributed by atoms with E-state index in [4.69, 9.17) is 4.74 Å². The van der Waals surface area contributed by atoms with E-state index >= 15 is 0 Å². The van der Waals surface area contributed by atoms with Crippen molar-refractivity contribution in [1.29, 1.82) is 0 Å². The molecule has 3 atom stereocenters. The van der Waals surface area contributed by atoms with Gasteiger partial charge in [-0.25, -0.2) is 0 Å². The van der Waals surface area contributed by atoms with Crippen LogP contribution >= 0.6 is 0 Å². The number of esters is 1. The molecule has 0 radical (unpaired) electrons. The summed E-state index contributed by atoms with van der Waals surface area (Å²) < 4.78 is 5.85. The number of hydrogen-bond acceptors (Lipinski definition) is 5. The fraction of sp³-hybridized carbons (Fsp3) is 0.783. The van der Waals surface area contributed by atoms with Gasteiger partial charge in [-0.15, -0.1) is 0 Å². The predicted molar refractivity (Wildman–Crippen MR) is 222 cm³/mol. The van der Waals surface area contributed by atoms with Gasteiger partial charge in [0.2, 0.25) is 5.91 Å². The minimum atomic E-state index is -0.801. The number of aliphatic hydroxyl groups excluding tert-OH is 2. The highest BCUT2D eigenvalue weighted by molar-refractivity contribution is 5.77. The van der Waals surface area contributed by atoms with Crippen LogP contribution in [-0.2, 0) is 14.3 Å². The Morgan fingerprint density at radius 2 is 1.04 bits per heavy atom. The SMILES string of the molecule is CC/C=C/C=C/C=C\C=C/CCCC(CC(=O)NC(CO)C(O)CCCCCCCCCCCCC)OC(=O)CCCCCCCCCCCCC. The lowest BCUT2D eigenvalue weighted by Crippen LogP contribution is -2.46. The van der Waals surface area contributed by atoms with Crippen molar-refractivity contribution in [3.8, 4) is 0 Å². The first kappa shape index (κ1) is 49.8. The monoisotopic (exact) mass is 730 g/mol. The molecule has 52 heavy (non-hydrogen) atoms. The Hall–Kier alpha value is -2.18. The number of carbonyl (C=O) groups excluding carboxylic acids is 2. The van der Waals surface area contributed by atoms with E-state index in [9.17, 15) is 19.8 Å². The van der Waals surface area contributed by atoms with Crippen LogP contribution in [0.2, 0.25) is 0 Å². The third kappa shape index (κ3) is 34.9. The van der Waals surface area contributed by atoms with E-state index in [2.05, 4.69) is 38.2 Å². The molecule has 0 aromatic rings. The Bertz CT molecular complexity index is 910. The molecule has 0 aliphatic heterocycles. The van der Waals surface area contributed by atoms with Crippen LogP contribution in [0.25, 0.3) is 0 Å². The van der Waals surface area contributed by atoms with Gasteiger partial charge in [0.1, 0.15) is 6.10 Å². The minimum Gasteiger partial charge on any atom is -0.462 e. The highest BCUT2D eigenvalue weighted by Gasteiger charge is 2.24. The van der Waals surface area contributed by atoms with E-state index in [0.717, 1.165) is 57.8 Å². The van der Waals surface area contributed by atoms with Gasteiger partial charge in [-0.3, -0.25) is 9.59 Å². The highest BCUT2D eigenvalue weighted by atomic mass is 16.5. The normalized spacial score (nSPS) is 13.9. The molecule has 0 bridgehead atoms. The molecule has 0 rings (SSSR count). The number of carbonyl (C=O) groups is 2. The fourth-order valence-electron chi connectivity index (χ4n) is 6.45. The molecule has 3 N–H and O–H groups in total. The van der Waals surface area contributed by atoms with Crippen LogP contribution in [0.3, 0.4) is 0 Å². The number of aliphatic hydroxyl groups is 2. The van der Waals surface area contributed by atoms with Crippen molar-refractivity contribution in [3.05, 3.63) is 48.6 Å². The van der Waals surface area contributed by atoms with Crippen molar-refractivity contribution in [3.63, 3.8) is 0 Å². The van der Waals surface area contributed by atoms with Gasteiger partial charge in [-0.1, -0.05) is 204 Å². The van der Waals surface area contributed by atoms with E-state index in [0.29, 0.717) is 19.3 Å². The molecule has 0 saturated heterocycles. The fourth-order valence-corrected chi connectivity index (χ4v) is 6.45. The maximum absolute atomic E-state index is 13.1. The summed E-state index contributed by atoms with van der Waals surface area (Å²) in [7, 11) is 0. The van der Waals surface area contributed by atoms with Crippen molar-refractivity contribution in [2.24, 2.45) is 0 Å². The largest absolute Gasteiger partial charge is 0.462 e. The number of ether oxygens (including phenoxy) is 1. The van der Waals surface area contributed by atoms with Crippen LogP contribution < -0.4 is 5.32 Å². The molecule has 0 heterocycles. The van der Waals surface area contributed by atoms with Gasteiger partial charge in [0.25, 0.3) is 0 Å². The Balaban J connectivity index is 4.68. The second kappa shape index (κ2) is 40.0. The van der Waals surface area contributed by atoms with Gasteiger partial charge in [-0.2, -0.15) is 0 Å². The van der Waals surface area contributed by atoms with Gasteiger partial charge in [-0.05, 0) is 38.5 Å². The molecule has 0 fully saturated rings. The molecular formula is C46H83NO5. The molecule has 302 valence electrons.